The number of aromatic nitrogens is 3. The van der Waals surface area contributed by atoms with Crippen molar-refractivity contribution in [1.29, 1.82) is 0 Å². The topological polar surface area (TPSA) is 65.0 Å². The van der Waals surface area contributed by atoms with Crippen LogP contribution in [0.15, 0.2) is 197 Å². The average Bonchev–Trinajstić information content (AvgIpc) is 3.86. The summed E-state index contributed by atoms with van der Waals surface area (Å²) in [5.74, 6) is 1.81. The van der Waals surface area contributed by atoms with Crippen LogP contribution < -0.4 is 0 Å². The molecule has 56 heavy (non-hydrogen) atoms. The van der Waals surface area contributed by atoms with Crippen molar-refractivity contribution in [1.82, 2.24) is 15.0 Å². The lowest BCUT2D eigenvalue weighted by Crippen LogP contribution is -2.00. The van der Waals surface area contributed by atoms with Gasteiger partial charge in [0, 0.05) is 49.4 Å². The van der Waals surface area contributed by atoms with Crippen LogP contribution in [0.3, 0.4) is 0 Å². The Hall–Kier alpha value is -7.63. The first-order valence-corrected chi connectivity index (χ1v) is 18.7. The Bertz CT molecular complexity index is 3040. The van der Waals surface area contributed by atoms with Gasteiger partial charge in [0.1, 0.15) is 22.3 Å². The molecule has 3 heterocycles. The Balaban J connectivity index is 0.992. The summed E-state index contributed by atoms with van der Waals surface area (Å²) in [4.78, 5) is 15.2. The third-order valence-corrected chi connectivity index (χ3v) is 10.6. The summed E-state index contributed by atoms with van der Waals surface area (Å²) in [7, 11) is 0. The Morgan fingerprint density at radius 3 is 1.04 bits per heavy atom. The molecule has 262 valence electrons. The van der Waals surface area contributed by atoms with Crippen LogP contribution in [0.5, 0.6) is 0 Å². The number of rotatable bonds is 6. The van der Waals surface area contributed by atoms with Crippen molar-refractivity contribution in [2.24, 2.45) is 0 Å². The van der Waals surface area contributed by atoms with E-state index in [2.05, 4.69) is 146 Å². The summed E-state index contributed by atoms with van der Waals surface area (Å²) in [6.07, 6.45) is 0. The van der Waals surface area contributed by atoms with E-state index < -0.39 is 0 Å². The Morgan fingerprint density at radius 1 is 0.250 bits per heavy atom. The molecule has 5 nitrogen and oxygen atoms in total. The van der Waals surface area contributed by atoms with E-state index in [9.17, 15) is 0 Å². The summed E-state index contributed by atoms with van der Waals surface area (Å²) in [5.41, 5.74) is 12.7. The molecule has 0 unspecified atom stereocenters. The first kappa shape index (κ1) is 31.9. The number of para-hydroxylation sites is 4. The molecule has 0 aliphatic carbocycles. The molecule has 3 aromatic heterocycles. The van der Waals surface area contributed by atoms with Gasteiger partial charge >= 0.3 is 0 Å². The molecule has 0 saturated carbocycles. The lowest BCUT2D eigenvalue weighted by molar-refractivity contribution is 0.669. The van der Waals surface area contributed by atoms with E-state index in [0.29, 0.717) is 17.5 Å². The van der Waals surface area contributed by atoms with Gasteiger partial charge in [-0.2, -0.15) is 0 Å². The average molecular weight is 718 g/mol. The molecule has 0 spiro atoms. The predicted molar refractivity (Wildman–Crippen MR) is 227 cm³/mol. The van der Waals surface area contributed by atoms with Gasteiger partial charge in [0.15, 0.2) is 17.5 Å². The molecule has 0 amide bonds. The minimum absolute atomic E-state index is 0.599. The van der Waals surface area contributed by atoms with E-state index >= 15 is 0 Å². The minimum atomic E-state index is 0.599. The molecular formula is C51H31N3O2. The first-order chi connectivity index (χ1) is 27.7. The minimum Gasteiger partial charge on any atom is -0.455 e. The number of furan rings is 2. The maximum absolute atomic E-state index is 6.35. The smallest absolute Gasteiger partial charge is 0.164 e. The van der Waals surface area contributed by atoms with E-state index in [1.165, 1.54) is 0 Å². The zero-order chi connectivity index (χ0) is 37.0. The second kappa shape index (κ2) is 13.0. The fourth-order valence-corrected chi connectivity index (χ4v) is 7.75. The Morgan fingerprint density at radius 2 is 0.589 bits per heavy atom. The van der Waals surface area contributed by atoms with Gasteiger partial charge in [0.25, 0.3) is 0 Å². The zero-order valence-corrected chi connectivity index (χ0v) is 30.1. The van der Waals surface area contributed by atoms with Gasteiger partial charge in [-0.1, -0.05) is 176 Å². The lowest BCUT2D eigenvalue weighted by Gasteiger charge is -2.10. The highest BCUT2D eigenvalue weighted by molar-refractivity contribution is 6.10. The van der Waals surface area contributed by atoms with Crippen molar-refractivity contribution in [2.45, 2.75) is 0 Å². The highest BCUT2D eigenvalue weighted by Gasteiger charge is 2.17. The monoisotopic (exact) mass is 717 g/mol. The zero-order valence-electron chi connectivity index (χ0n) is 30.1. The van der Waals surface area contributed by atoms with Gasteiger partial charge in [0.2, 0.25) is 0 Å². The second-order valence-corrected chi connectivity index (χ2v) is 14.0. The molecule has 8 aromatic carbocycles. The van der Waals surface area contributed by atoms with Crippen molar-refractivity contribution in [3.8, 4) is 67.5 Å². The SMILES string of the molecule is c1ccc(-c2ccc(-c3nc(-c4ccc(-c5cccc6c5oc5ccccc56)cc4)nc(-c4ccc(-c5cccc6c5oc5ccccc56)cc4)n3)cc2)cc1. The summed E-state index contributed by atoms with van der Waals surface area (Å²) in [6, 6.07) is 64.5. The maximum Gasteiger partial charge on any atom is 0.164 e. The second-order valence-electron chi connectivity index (χ2n) is 14.0. The quantitative estimate of drug-likeness (QED) is 0.171. The highest BCUT2D eigenvalue weighted by Crippen LogP contribution is 2.38. The number of hydrogen-bond donors (Lipinski definition) is 0. The first-order valence-electron chi connectivity index (χ1n) is 18.7. The highest BCUT2D eigenvalue weighted by atomic mass is 16.3. The molecule has 0 radical (unpaired) electrons. The fraction of sp³-hybridized carbons (Fsp3) is 0. The predicted octanol–water partition coefficient (Wildman–Crippen LogP) is 13.7. The number of nitrogens with zero attached hydrogens (tertiary/aromatic N) is 3. The molecule has 0 atom stereocenters. The van der Waals surface area contributed by atoms with Crippen LogP contribution in [0.25, 0.3) is 111 Å². The molecule has 0 N–H and O–H groups in total. The van der Waals surface area contributed by atoms with Crippen molar-refractivity contribution in [3.05, 3.63) is 188 Å². The molecule has 0 aliphatic rings. The van der Waals surface area contributed by atoms with Crippen molar-refractivity contribution >= 4 is 43.9 Å². The van der Waals surface area contributed by atoms with E-state index in [1.54, 1.807) is 0 Å². The van der Waals surface area contributed by atoms with E-state index in [1.807, 2.05) is 42.5 Å². The van der Waals surface area contributed by atoms with Crippen LogP contribution in [0, 0.1) is 0 Å². The maximum atomic E-state index is 6.35. The molecule has 5 heteroatoms. The third kappa shape index (κ3) is 5.45. The van der Waals surface area contributed by atoms with E-state index in [-0.39, 0.29) is 0 Å². The van der Waals surface area contributed by atoms with Gasteiger partial charge in [-0.25, -0.2) is 15.0 Å². The fourth-order valence-electron chi connectivity index (χ4n) is 7.75. The van der Waals surface area contributed by atoms with Gasteiger partial charge < -0.3 is 8.83 Å². The summed E-state index contributed by atoms with van der Waals surface area (Å²) in [5, 5.41) is 4.44. The number of fused-ring (bicyclic) bond motifs is 6. The van der Waals surface area contributed by atoms with Gasteiger partial charge in [-0.3, -0.25) is 0 Å². The van der Waals surface area contributed by atoms with Crippen LogP contribution >= 0.6 is 0 Å². The van der Waals surface area contributed by atoms with Crippen LogP contribution in [-0.2, 0) is 0 Å². The molecule has 11 rings (SSSR count). The largest absolute Gasteiger partial charge is 0.455 e. The van der Waals surface area contributed by atoms with Crippen LogP contribution in [-0.4, -0.2) is 15.0 Å². The Labute approximate surface area is 322 Å². The Kier molecular flexibility index (Phi) is 7.42. The van der Waals surface area contributed by atoms with Gasteiger partial charge in [-0.05, 0) is 34.4 Å². The standard InChI is InChI=1S/C51H31N3O2/c1-2-10-32(11-3-1)33-20-26-36(27-21-33)49-52-50(37-28-22-34(23-29-37)39-14-8-16-43-41-12-4-6-18-45(41)55-47(39)43)54-51(53-49)38-30-24-35(25-31-38)40-15-9-17-44-42-13-5-7-19-46(42)56-48(40)44/h1-31H. The molecule has 0 fully saturated rings. The normalized spacial score (nSPS) is 11.6. The van der Waals surface area contributed by atoms with Crippen molar-refractivity contribution in [2.75, 3.05) is 0 Å². The third-order valence-electron chi connectivity index (χ3n) is 10.6. The number of benzene rings is 8. The van der Waals surface area contributed by atoms with Crippen molar-refractivity contribution < 1.29 is 8.83 Å². The van der Waals surface area contributed by atoms with Crippen LogP contribution in [0.4, 0.5) is 0 Å². The summed E-state index contributed by atoms with van der Waals surface area (Å²) >= 11 is 0. The van der Waals surface area contributed by atoms with Gasteiger partial charge in [-0.15, -0.1) is 0 Å². The summed E-state index contributed by atoms with van der Waals surface area (Å²) < 4.78 is 12.7. The molecule has 0 bridgehead atoms. The molecular weight excluding hydrogens is 687 g/mol. The van der Waals surface area contributed by atoms with Crippen LogP contribution in [0.1, 0.15) is 0 Å². The molecule has 0 saturated heterocycles. The van der Waals surface area contributed by atoms with E-state index in [4.69, 9.17) is 23.8 Å². The molecule has 11 aromatic rings. The molecule has 0 aliphatic heterocycles. The lowest BCUT2D eigenvalue weighted by atomic mass is 10.0. The summed E-state index contributed by atoms with van der Waals surface area (Å²) in [6.45, 7) is 0. The van der Waals surface area contributed by atoms with Crippen molar-refractivity contribution in [3.63, 3.8) is 0 Å². The van der Waals surface area contributed by atoms with Crippen LogP contribution in [0.2, 0.25) is 0 Å². The van der Waals surface area contributed by atoms with Gasteiger partial charge in [0.05, 0.1) is 0 Å². The number of hydrogen-bond acceptors (Lipinski definition) is 5. The van der Waals surface area contributed by atoms with E-state index in [0.717, 1.165) is 93.9 Å².